The first-order chi connectivity index (χ1) is 29.3. The number of rotatable bonds is 3. The Bertz CT molecular complexity index is 3730. The molecule has 0 radical (unpaired) electrons. The number of nitrogens with zero attached hydrogens (tertiary/aromatic N) is 8. The van der Waals surface area contributed by atoms with Crippen LogP contribution in [0.3, 0.4) is 0 Å². The minimum Gasteiger partial charge on any atom is -0.296 e. The van der Waals surface area contributed by atoms with E-state index in [1.807, 2.05) is 18.5 Å². The number of hydrogen-bond acceptors (Lipinski definition) is 4. The van der Waals surface area contributed by atoms with Gasteiger partial charge in [-0.05, 0) is 70.5 Å². The third kappa shape index (κ3) is 3.80. The second kappa shape index (κ2) is 11.1. The van der Waals surface area contributed by atoms with Gasteiger partial charge >= 0.3 is 0 Å². The lowest BCUT2D eigenvalue weighted by atomic mass is 9.33. The molecule has 11 aromatic rings. The summed E-state index contributed by atoms with van der Waals surface area (Å²) in [4.78, 5) is 19.8. The van der Waals surface area contributed by atoms with Crippen LogP contribution in [0.5, 0.6) is 0 Å². The van der Waals surface area contributed by atoms with Crippen molar-refractivity contribution >= 4 is 83.7 Å². The summed E-state index contributed by atoms with van der Waals surface area (Å²) in [5.41, 5.74) is 18.2. The summed E-state index contributed by atoms with van der Waals surface area (Å²) >= 11 is 0. The van der Waals surface area contributed by atoms with Gasteiger partial charge < -0.3 is 0 Å². The van der Waals surface area contributed by atoms with E-state index >= 15 is 0 Å². The lowest BCUT2D eigenvalue weighted by Crippen LogP contribution is -2.53. The standard InChI is InChI=1S/C50H29BN8/c1-29-13-10-20-36-46-40(29)42-44-48(55-26-25-52-44)57(32-16-6-3-7-17-32)50(42)59(46)39-28-30(47-53-23-12-24-54-47)27-38-43(39)51(36)35-21-11-19-34-41-33-18-8-9-22-37(33)56(31-14-4-2-5-15-31)49(41)58(38)45(34)35/h2-28H,1H2. The highest BCUT2D eigenvalue weighted by Crippen LogP contribution is 2.49. The molecular formula is C50H29BN8. The molecule has 2 aliphatic heterocycles. The number of allylic oxidation sites excluding steroid dienone is 4. The second-order valence-corrected chi connectivity index (χ2v) is 15.6. The lowest BCUT2D eigenvalue weighted by Gasteiger charge is -2.36. The maximum absolute atomic E-state index is 5.05. The molecule has 59 heavy (non-hydrogen) atoms. The van der Waals surface area contributed by atoms with E-state index in [1.54, 1.807) is 12.4 Å². The molecule has 1 aliphatic carbocycles. The van der Waals surface area contributed by atoms with E-state index in [1.165, 1.54) is 43.6 Å². The van der Waals surface area contributed by atoms with E-state index < -0.39 is 0 Å². The average Bonchev–Trinajstić information content (AvgIpc) is 3.99. The first-order valence-electron chi connectivity index (χ1n) is 19.9. The summed E-state index contributed by atoms with van der Waals surface area (Å²) < 4.78 is 9.71. The molecule has 0 N–H and O–H groups in total. The van der Waals surface area contributed by atoms with E-state index in [0.717, 1.165) is 73.0 Å². The summed E-state index contributed by atoms with van der Waals surface area (Å²) in [5.74, 6) is 0.666. The molecule has 272 valence electrons. The third-order valence-electron chi connectivity index (χ3n) is 12.7. The molecule has 3 aliphatic rings. The summed E-state index contributed by atoms with van der Waals surface area (Å²) in [5, 5.41) is 4.73. The van der Waals surface area contributed by atoms with Crippen LogP contribution >= 0.6 is 0 Å². The van der Waals surface area contributed by atoms with Crippen molar-refractivity contribution in [3.05, 3.63) is 182 Å². The zero-order valence-corrected chi connectivity index (χ0v) is 31.5. The van der Waals surface area contributed by atoms with Crippen molar-refractivity contribution < 1.29 is 0 Å². The van der Waals surface area contributed by atoms with E-state index in [9.17, 15) is 0 Å². The highest BCUT2D eigenvalue weighted by atomic mass is 15.2. The Hall–Kier alpha value is -8.04. The van der Waals surface area contributed by atoms with E-state index in [4.69, 9.17) is 26.5 Å². The topological polar surface area (TPSA) is 71.3 Å². The fourth-order valence-electron chi connectivity index (χ4n) is 10.5. The zero-order valence-electron chi connectivity index (χ0n) is 31.5. The summed E-state index contributed by atoms with van der Waals surface area (Å²) in [6.45, 7) is 4.63. The van der Waals surface area contributed by atoms with Crippen LogP contribution in [0.1, 0.15) is 11.3 Å². The van der Waals surface area contributed by atoms with Crippen molar-refractivity contribution in [3.8, 4) is 34.1 Å². The molecule has 0 saturated heterocycles. The van der Waals surface area contributed by atoms with E-state index in [0.29, 0.717) is 5.82 Å². The van der Waals surface area contributed by atoms with Crippen molar-refractivity contribution in [1.82, 2.24) is 38.2 Å². The maximum Gasteiger partial charge on any atom is 0.252 e. The monoisotopic (exact) mass is 752 g/mol. The zero-order chi connectivity index (χ0) is 38.5. The Labute approximate surface area is 337 Å². The molecule has 0 amide bonds. The van der Waals surface area contributed by atoms with Gasteiger partial charge in [-0.25, -0.2) is 15.0 Å². The Morgan fingerprint density at radius 2 is 1.27 bits per heavy atom. The van der Waals surface area contributed by atoms with Crippen LogP contribution < -0.4 is 10.9 Å². The Balaban J connectivity index is 1.24. The molecule has 0 saturated carbocycles. The highest BCUT2D eigenvalue weighted by molar-refractivity contribution is 7.03. The highest BCUT2D eigenvalue weighted by Gasteiger charge is 2.45. The van der Waals surface area contributed by atoms with Crippen LogP contribution in [0.25, 0.3) is 100 Å². The van der Waals surface area contributed by atoms with Gasteiger partial charge in [0.2, 0.25) is 0 Å². The molecule has 0 unspecified atom stereocenters. The fourth-order valence-corrected chi connectivity index (χ4v) is 10.5. The first-order valence-corrected chi connectivity index (χ1v) is 19.9. The second-order valence-electron chi connectivity index (χ2n) is 15.6. The molecular weight excluding hydrogens is 723 g/mol. The van der Waals surface area contributed by atoms with Gasteiger partial charge in [0, 0.05) is 74.8 Å². The SMILES string of the molecule is C=C1C=CC=C2B3c4c(cc(-c5ncccn5)cc4-n4c5c3cccc5c3c5ccccc5n(-c5ccccc5)c34)-n3c2c1c1c2nccnc2n(-c2ccccc2)c13. The van der Waals surface area contributed by atoms with E-state index in [2.05, 4.69) is 152 Å². The van der Waals surface area contributed by atoms with Crippen molar-refractivity contribution in [2.24, 2.45) is 0 Å². The number of benzene rings is 5. The number of aromatic nitrogens is 8. The molecule has 14 rings (SSSR count). The Morgan fingerprint density at radius 1 is 0.576 bits per heavy atom. The van der Waals surface area contributed by atoms with Gasteiger partial charge in [-0.3, -0.25) is 23.3 Å². The van der Waals surface area contributed by atoms with Crippen LogP contribution in [0.15, 0.2) is 171 Å². The molecule has 5 aromatic carbocycles. The molecule has 6 aromatic heterocycles. The predicted molar refractivity (Wildman–Crippen MR) is 239 cm³/mol. The molecule has 8 nitrogen and oxygen atoms in total. The van der Waals surface area contributed by atoms with Crippen LogP contribution in [0.4, 0.5) is 0 Å². The minimum absolute atomic E-state index is 0.0827. The third-order valence-corrected chi connectivity index (χ3v) is 12.7. The molecule has 0 spiro atoms. The minimum atomic E-state index is -0.0827. The fraction of sp³-hybridized carbons (Fsp3) is 0. The van der Waals surface area contributed by atoms with Gasteiger partial charge in [0.15, 0.2) is 11.5 Å². The van der Waals surface area contributed by atoms with Crippen molar-refractivity contribution in [1.29, 1.82) is 0 Å². The van der Waals surface area contributed by atoms with Gasteiger partial charge in [-0.2, -0.15) is 0 Å². The van der Waals surface area contributed by atoms with Gasteiger partial charge in [0.1, 0.15) is 16.8 Å². The van der Waals surface area contributed by atoms with Crippen molar-refractivity contribution in [3.63, 3.8) is 0 Å². The number of fused-ring (bicyclic) bond motifs is 14. The van der Waals surface area contributed by atoms with Crippen molar-refractivity contribution in [2.45, 2.75) is 0 Å². The number of para-hydroxylation sites is 4. The van der Waals surface area contributed by atoms with E-state index in [-0.39, 0.29) is 6.71 Å². The quantitative estimate of drug-likeness (QED) is 0.169. The number of hydrogen-bond donors (Lipinski definition) is 0. The lowest BCUT2D eigenvalue weighted by molar-refractivity contribution is 1.00. The summed E-state index contributed by atoms with van der Waals surface area (Å²) in [6, 6.07) is 43.4. The van der Waals surface area contributed by atoms with Gasteiger partial charge in [0.25, 0.3) is 6.71 Å². The summed E-state index contributed by atoms with van der Waals surface area (Å²) in [7, 11) is 0. The van der Waals surface area contributed by atoms with Crippen molar-refractivity contribution in [2.75, 3.05) is 0 Å². The average molecular weight is 753 g/mol. The van der Waals surface area contributed by atoms with Gasteiger partial charge in [-0.1, -0.05) is 97.6 Å². The molecule has 8 heterocycles. The Kier molecular flexibility index (Phi) is 5.84. The smallest absolute Gasteiger partial charge is 0.252 e. The van der Waals surface area contributed by atoms with Crippen LogP contribution in [0, 0.1) is 0 Å². The van der Waals surface area contributed by atoms with Gasteiger partial charge in [-0.15, -0.1) is 0 Å². The van der Waals surface area contributed by atoms with Crippen LogP contribution in [0.2, 0.25) is 0 Å². The van der Waals surface area contributed by atoms with Crippen LogP contribution in [-0.4, -0.2) is 44.9 Å². The molecule has 9 heteroatoms. The van der Waals surface area contributed by atoms with Crippen LogP contribution in [-0.2, 0) is 0 Å². The molecule has 0 atom stereocenters. The molecule has 0 fully saturated rings. The largest absolute Gasteiger partial charge is 0.296 e. The predicted octanol–water partition coefficient (Wildman–Crippen LogP) is 9.30. The first kappa shape index (κ1) is 31.1. The van der Waals surface area contributed by atoms with Gasteiger partial charge in [0.05, 0.1) is 22.1 Å². The molecule has 0 bridgehead atoms. The maximum atomic E-state index is 5.05. The summed E-state index contributed by atoms with van der Waals surface area (Å²) in [6.07, 6.45) is 13.9. The Morgan fingerprint density at radius 3 is 2.08 bits per heavy atom. The normalized spacial score (nSPS) is 13.8.